The number of pyridine rings is 1. The Hall–Kier alpha value is -3.36. The average molecular weight is 388 g/mol. The number of fused-ring (bicyclic) bond motifs is 1. The molecule has 1 unspecified atom stereocenters. The number of alkyl halides is 3. The summed E-state index contributed by atoms with van der Waals surface area (Å²) in [5.74, 6) is -0.593. The van der Waals surface area contributed by atoms with Crippen LogP contribution in [-0.4, -0.2) is 37.4 Å². The zero-order valence-electron chi connectivity index (χ0n) is 14.4. The fourth-order valence-corrected chi connectivity index (χ4v) is 3.35. The third-order valence-corrected chi connectivity index (χ3v) is 4.69. The van der Waals surface area contributed by atoms with Crippen molar-refractivity contribution in [2.45, 2.75) is 18.6 Å². The number of H-pyrrole nitrogens is 1. The van der Waals surface area contributed by atoms with Crippen molar-refractivity contribution in [3.05, 3.63) is 77.1 Å². The second kappa shape index (κ2) is 6.66. The predicted octanol–water partition coefficient (Wildman–Crippen LogP) is 3.32. The minimum atomic E-state index is -4.56. The van der Waals surface area contributed by atoms with Crippen LogP contribution in [0, 0.1) is 0 Å². The van der Waals surface area contributed by atoms with Crippen molar-refractivity contribution in [2.24, 2.45) is 0 Å². The second-order valence-corrected chi connectivity index (χ2v) is 6.53. The molecule has 2 aromatic heterocycles. The molecule has 4 rings (SSSR count). The first-order valence-electron chi connectivity index (χ1n) is 8.46. The van der Waals surface area contributed by atoms with E-state index in [1.807, 2.05) is 6.07 Å². The zero-order chi connectivity index (χ0) is 19.9. The number of carbonyl (C=O) groups excluding carboxylic acids is 1. The molecule has 1 atom stereocenters. The summed E-state index contributed by atoms with van der Waals surface area (Å²) in [6.07, 6.45) is -2.08. The number of benzene rings is 1. The standard InChI is InChI=1S/C19H15F3N4O2/c20-19(21,22)16-5-4-12(7-23-16)18(28)26-8-14(11-2-1-3-13(27)6-11)17-15(9-26)24-10-25-17/h1-7,10,14,27H,8-9H2,(H,24,25). The summed E-state index contributed by atoms with van der Waals surface area (Å²) >= 11 is 0. The number of nitrogens with zero attached hydrogens (tertiary/aromatic N) is 3. The second-order valence-electron chi connectivity index (χ2n) is 6.53. The molecule has 1 amide bonds. The van der Waals surface area contributed by atoms with Gasteiger partial charge in [-0.15, -0.1) is 0 Å². The van der Waals surface area contributed by atoms with Gasteiger partial charge in [-0.25, -0.2) is 4.98 Å². The summed E-state index contributed by atoms with van der Waals surface area (Å²) in [5.41, 5.74) is 1.34. The topological polar surface area (TPSA) is 82.1 Å². The Balaban J connectivity index is 1.63. The van der Waals surface area contributed by atoms with Gasteiger partial charge in [-0.1, -0.05) is 12.1 Å². The van der Waals surface area contributed by atoms with E-state index in [-0.39, 0.29) is 30.3 Å². The fourth-order valence-electron chi connectivity index (χ4n) is 3.35. The van der Waals surface area contributed by atoms with Gasteiger partial charge in [0.05, 0.1) is 29.8 Å². The lowest BCUT2D eigenvalue weighted by Gasteiger charge is -2.32. The van der Waals surface area contributed by atoms with Gasteiger partial charge >= 0.3 is 6.18 Å². The van der Waals surface area contributed by atoms with Crippen LogP contribution in [0.3, 0.4) is 0 Å². The van der Waals surface area contributed by atoms with Gasteiger partial charge in [-0.3, -0.25) is 9.78 Å². The quantitative estimate of drug-likeness (QED) is 0.706. The average Bonchev–Trinajstić information content (AvgIpc) is 3.14. The molecule has 3 aromatic rings. The lowest BCUT2D eigenvalue weighted by Crippen LogP contribution is -2.38. The van der Waals surface area contributed by atoms with Gasteiger partial charge in [0.15, 0.2) is 0 Å². The molecule has 0 saturated carbocycles. The van der Waals surface area contributed by atoms with Crippen LogP contribution in [0.5, 0.6) is 5.75 Å². The van der Waals surface area contributed by atoms with Gasteiger partial charge in [-0.2, -0.15) is 13.2 Å². The van der Waals surface area contributed by atoms with Gasteiger partial charge < -0.3 is 15.0 Å². The monoisotopic (exact) mass is 388 g/mol. The molecule has 0 saturated heterocycles. The number of imidazole rings is 1. The number of hydrogen-bond acceptors (Lipinski definition) is 4. The highest BCUT2D eigenvalue weighted by atomic mass is 19.4. The van der Waals surface area contributed by atoms with E-state index >= 15 is 0 Å². The Morgan fingerprint density at radius 2 is 2.04 bits per heavy atom. The fraction of sp³-hybridized carbons (Fsp3) is 0.211. The lowest BCUT2D eigenvalue weighted by atomic mass is 9.90. The summed E-state index contributed by atoms with van der Waals surface area (Å²) in [4.78, 5) is 25.1. The number of halogens is 3. The molecule has 28 heavy (non-hydrogen) atoms. The molecular formula is C19H15F3N4O2. The Labute approximate surface area is 157 Å². The molecule has 1 aliphatic heterocycles. The maximum atomic E-state index is 12.9. The molecule has 9 heteroatoms. The van der Waals surface area contributed by atoms with Crippen molar-refractivity contribution in [2.75, 3.05) is 6.54 Å². The van der Waals surface area contributed by atoms with Crippen molar-refractivity contribution < 1.29 is 23.1 Å². The number of amides is 1. The Kier molecular flexibility index (Phi) is 4.29. The third kappa shape index (κ3) is 3.30. The molecule has 0 aliphatic carbocycles. The van der Waals surface area contributed by atoms with Crippen LogP contribution in [0.15, 0.2) is 48.9 Å². The van der Waals surface area contributed by atoms with Crippen LogP contribution in [0.2, 0.25) is 0 Å². The lowest BCUT2D eigenvalue weighted by molar-refractivity contribution is -0.141. The highest BCUT2D eigenvalue weighted by molar-refractivity contribution is 5.94. The first-order valence-corrected chi connectivity index (χ1v) is 8.46. The molecule has 0 spiro atoms. The van der Waals surface area contributed by atoms with Crippen LogP contribution in [-0.2, 0) is 12.7 Å². The summed E-state index contributed by atoms with van der Waals surface area (Å²) < 4.78 is 38.1. The first-order chi connectivity index (χ1) is 13.3. The van der Waals surface area contributed by atoms with Crippen LogP contribution >= 0.6 is 0 Å². The SMILES string of the molecule is O=C(c1ccc(C(F)(F)F)nc1)N1Cc2[nH]cnc2C(c2cccc(O)c2)C1. The van der Waals surface area contributed by atoms with E-state index < -0.39 is 17.8 Å². The number of aromatic amines is 1. The Morgan fingerprint density at radius 3 is 2.71 bits per heavy atom. The Bertz CT molecular complexity index is 1010. The molecule has 2 N–H and O–H groups in total. The van der Waals surface area contributed by atoms with E-state index in [1.165, 1.54) is 11.2 Å². The van der Waals surface area contributed by atoms with Crippen LogP contribution < -0.4 is 0 Å². The largest absolute Gasteiger partial charge is 0.508 e. The van der Waals surface area contributed by atoms with Crippen molar-refractivity contribution in [1.29, 1.82) is 0 Å². The molecule has 1 aromatic carbocycles. The zero-order valence-corrected chi connectivity index (χ0v) is 14.4. The number of rotatable bonds is 2. The normalized spacial score (nSPS) is 16.7. The van der Waals surface area contributed by atoms with E-state index in [0.29, 0.717) is 0 Å². The Morgan fingerprint density at radius 1 is 1.21 bits per heavy atom. The number of carbonyl (C=O) groups is 1. The maximum Gasteiger partial charge on any atom is 0.433 e. The molecule has 0 radical (unpaired) electrons. The third-order valence-electron chi connectivity index (χ3n) is 4.69. The van der Waals surface area contributed by atoms with E-state index in [1.54, 1.807) is 18.2 Å². The molecule has 144 valence electrons. The van der Waals surface area contributed by atoms with Crippen molar-refractivity contribution >= 4 is 5.91 Å². The maximum absolute atomic E-state index is 12.9. The minimum absolute atomic E-state index is 0.0747. The van der Waals surface area contributed by atoms with Crippen molar-refractivity contribution in [1.82, 2.24) is 19.9 Å². The number of aromatic nitrogens is 3. The number of nitrogens with one attached hydrogen (secondary N) is 1. The summed E-state index contributed by atoms with van der Waals surface area (Å²) in [5, 5.41) is 9.78. The van der Waals surface area contributed by atoms with Gasteiger partial charge in [0.25, 0.3) is 5.91 Å². The number of phenols is 1. The van der Waals surface area contributed by atoms with Crippen LogP contribution in [0.4, 0.5) is 13.2 Å². The summed E-state index contributed by atoms with van der Waals surface area (Å²) in [6.45, 7) is 0.533. The van der Waals surface area contributed by atoms with Gasteiger partial charge in [0.1, 0.15) is 11.4 Å². The predicted molar refractivity (Wildman–Crippen MR) is 92.5 cm³/mol. The number of hydrogen-bond donors (Lipinski definition) is 2. The molecule has 1 aliphatic rings. The van der Waals surface area contributed by atoms with Crippen molar-refractivity contribution in [3.8, 4) is 5.75 Å². The van der Waals surface area contributed by atoms with E-state index in [4.69, 9.17) is 0 Å². The van der Waals surface area contributed by atoms with Gasteiger partial charge in [-0.05, 0) is 29.8 Å². The van der Waals surface area contributed by atoms with Gasteiger partial charge in [0, 0.05) is 18.7 Å². The molecule has 0 bridgehead atoms. The van der Waals surface area contributed by atoms with E-state index in [2.05, 4.69) is 15.0 Å². The summed E-state index contributed by atoms with van der Waals surface area (Å²) in [6, 6.07) is 8.62. The van der Waals surface area contributed by atoms with Crippen LogP contribution in [0.25, 0.3) is 0 Å². The highest BCUT2D eigenvalue weighted by Crippen LogP contribution is 2.33. The molecule has 3 heterocycles. The van der Waals surface area contributed by atoms with Crippen LogP contribution in [0.1, 0.15) is 38.9 Å². The number of aromatic hydroxyl groups is 1. The summed E-state index contributed by atoms with van der Waals surface area (Å²) in [7, 11) is 0. The smallest absolute Gasteiger partial charge is 0.433 e. The molecule has 6 nitrogen and oxygen atoms in total. The van der Waals surface area contributed by atoms with Gasteiger partial charge in [0.2, 0.25) is 0 Å². The molecule has 0 fully saturated rings. The number of phenolic OH excluding ortho intramolecular Hbond substituents is 1. The molecular weight excluding hydrogens is 373 g/mol. The van der Waals surface area contributed by atoms with Crippen molar-refractivity contribution in [3.63, 3.8) is 0 Å². The highest BCUT2D eigenvalue weighted by Gasteiger charge is 2.34. The van der Waals surface area contributed by atoms with E-state index in [0.717, 1.165) is 35.3 Å². The van der Waals surface area contributed by atoms with E-state index in [9.17, 15) is 23.1 Å². The minimum Gasteiger partial charge on any atom is -0.508 e. The first kappa shape index (κ1) is 18.0.